The third kappa shape index (κ3) is 15.9. The van der Waals surface area contributed by atoms with Crippen molar-refractivity contribution in [2.24, 2.45) is 0 Å². The highest BCUT2D eigenvalue weighted by Gasteiger charge is 2.00. The highest BCUT2D eigenvalue weighted by Crippen LogP contribution is 2.11. The molecule has 0 fully saturated rings. The van der Waals surface area contributed by atoms with Crippen LogP contribution in [-0.2, 0) is 0 Å². The molecule has 0 bridgehead atoms. The van der Waals surface area contributed by atoms with Gasteiger partial charge in [-0.15, -0.1) is 0 Å². The molecule has 0 aromatic carbocycles. The summed E-state index contributed by atoms with van der Waals surface area (Å²) in [5.41, 5.74) is 0. The maximum atomic E-state index is 11.3. The summed E-state index contributed by atoms with van der Waals surface area (Å²) in [6, 6.07) is 0. The smallest absolute Gasteiger partial charge is 0.0779 e. The van der Waals surface area contributed by atoms with Gasteiger partial charge < -0.3 is 9.85 Å². The van der Waals surface area contributed by atoms with Gasteiger partial charge in [0, 0.05) is 0 Å². The van der Waals surface area contributed by atoms with E-state index in [-0.39, 0.29) is 4.65 Å². The average Bonchev–Trinajstić information content (AvgIpc) is 2.24. The van der Waals surface area contributed by atoms with E-state index in [0.717, 1.165) is 13.0 Å². The number of hydrogen-bond acceptors (Lipinski definition) is 1. The van der Waals surface area contributed by atoms with Crippen molar-refractivity contribution < 1.29 is 4.65 Å². The first-order chi connectivity index (χ1) is 8.06. The van der Waals surface area contributed by atoms with Crippen LogP contribution in [0, 0.1) is 5.21 Å². The zero-order chi connectivity index (χ0) is 13.0. The zero-order valence-electron chi connectivity index (χ0n) is 12.3. The van der Waals surface area contributed by atoms with Crippen molar-refractivity contribution in [3.8, 4) is 0 Å². The van der Waals surface area contributed by atoms with Crippen LogP contribution in [0.1, 0.15) is 77.6 Å². The lowest BCUT2D eigenvalue weighted by atomic mass is 10.1. The quantitative estimate of drug-likeness (QED) is 0.272. The van der Waals surface area contributed by atoms with Gasteiger partial charge >= 0.3 is 0 Å². The Labute approximate surface area is 109 Å². The average molecular weight is 243 g/mol. The molecule has 0 aliphatic carbocycles. The van der Waals surface area contributed by atoms with Crippen LogP contribution in [0.15, 0.2) is 0 Å². The fourth-order valence-corrected chi connectivity index (χ4v) is 2.16. The summed E-state index contributed by atoms with van der Waals surface area (Å²) in [4.78, 5) is 0. The largest absolute Gasteiger partial charge is 0.633 e. The first-order valence-electron chi connectivity index (χ1n) is 7.60. The van der Waals surface area contributed by atoms with Crippen molar-refractivity contribution in [1.29, 1.82) is 0 Å². The summed E-state index contributed by atoms with van der Waals surface area (Å²) in [6.45, 7) is 3.04. The van der Waals surface area contributed by atoms with Gasteiger partial charge in [0.25, 0.3) is 0 Å². The minimum Gasteiger partial charge on any atom is -0.633 e. The fourth-order valence-electron chi connectivity index (χ4n) is 2.16. The van der Waals surface area contributed by atoms with Gasteiger partial charge in [0.05, 0.1) is 20.6 Å². The Kier molecular flexibility index (Phi) is 11.0. The third-order valence-electron chi connectivity index (χ3n) is 3.30. The maximum Gasteiger partial charge on any atom is 0.0779 e. The van der Waals surface area contributed by atoms with E-state index in [1.54, 1.807) is 14.1 Å². The van der Waals surface area contributed by atoms with E-state index in [2.05, 4.69) is 6.92 Å². The van der Waals surface area contributed by atoms with Gasteiger partial charge in [-0.05, 0) is 12.8 Å². The standard InChI is InChI=1S/C15H33NO/c1-4-5-6-7-8-9-10-11-12-13-14-15-16(2,3)17/h4-15H2,1-3H3. The molecule has 17 heavy (non-hydrogen) atoms. The molecular weight excluding hydrogens is 210 g/mol. The van der Waals surface area contributed by atoms with E-state index in [9.17, 15) is 5.21 Å². The molecule has 104 valence electrons. The van der Waals surface area contributed by atoms with Crippen LogP contribution in [-0.4, -0.2) is 25.3 Å². The van der Waals surface area contributed by atoms with Gasteiger partial charge in [0.1, 0.15) is 0 Å². The zero-order valence-corrected chi connectivity index (χ0v) is 12.3. The molecular formula is C15H33NO. The van der Waals surface area contributed by atoms with Crippen molar-refractivity contribution in [3.05, 3.63) is 5.21 Å². The maximum absolute atomic E-state index is 11.3. The van der Waals surface area contributed by atoms with Crippen LogP contribution in [0.5, 0.6) is 0 Å². The molecule has 0 aromatic rings. The van der Waals surface area contributed by atoms with Gasteiger partial charge in [-0.2, -0.15) is 0 Å². The number of rotatable bonds is 12. The van der Waals surface area contributed by atoms with Crippen LogP contribution < -0.4 is 0 Å². The summed E-state index contributed by atoms with van der Waals surface area (Å²) in [5, 5.41) is 11.3. The predicted octanol–water partition coefficient (Wildman–Crippen LogP) is 4.87. The summed E-state index contributed by atoms with van der Waals surface area (Å²) < 4.78 is -0.128. The van der Waals surface area contributed by atoms with Crippen LogP contribution in [0.25, 0.3) is 0 Å². The molecule has 0 N–H and O–H groups in total. The van der Waals surface area contributed by atoms with Gasteiger partial charge in [-0.25, -0.2) is 0 Å². The molecule has 0 spiro atoms. The third-order valence-corrected chi connectivity index (χ3v) is 3.30. The van der Waals surface area contributed by atoms with Crippen molar-refractivity contribution in [3.63, 3.8) is 0 Å². The fraction of sp³-hybridized carbons (Fsp3) is 1.00. The Morgan fingerprint density at radius 3 is 1.35 bits per heavy atom. The number of nitrogens with zero attached hydrogens (tertiary/aromatic N) is 1. The Balaban J connectivity index is 2.99. The Hall–Kier alpha value is -0.0800. The van der Waals surface area contributed by atoms with Crippen molar-refractivity contribution in [1.82, 2.24) is 0 Å². The molecule has 0 amide bonds. The number of quaternary nitrogens is 1. The Morgan fingerprint density at radius 2 is 1.00 bits per heavy atom. The molecule has 0 aliphatic heterocycles. The molecule has 0 rings (SSSR count). The molecule has 2 heteroatoms. The number of hydroxylamine groups is 3. The molecule has 0 aliphatic rings. The van der Waals surface area contributed by atoms with Crippen molar-refractivity contribution in [2.45, 2.75) is 77.6 Å². The number of hydrogen-bond donors (Lipinski definition) is 0. The first kappa shape index (κ1) is 16.9. The second-order valence-electron chi connectivity index (χ2n) is 5.83. The van der Waals surface area contributed by atoms with Gasteiger partial charge in [-0.1, -0.05) is 64.7 Å². The summed E-state index contributed by atoms with van der Waals surface area (Å²) in [5.74, 6) is 0. The molecule has 0 unspecified atom stereocenters. The van der Waals surface area contributed by atoms with Gasteiger partial charge in [0.15, 0.2) is 0 Å². The molecule has 0 saturated carbocycles. The minimum absolute atomic E-state index is 0.128. The molecule has 0 atom stereocenters. The van der Waals surface area contributed by atoms with E-state index in [1.165, 1.54) is 64.2 Å². The minimum atomic E-state index is -0.128. The second-order valence-corrected chi connectivity index (χ2v) is 5.83. The highest BCUT2D eigenvalue weighted by molar-refractivity contribution is 4.48. The molecule has 2 nitrogen and oxygen atoms in total. The van der Waals surface area contributed by atoms with Crippen LogP contribution >= 0.6 is 0 Å². The molecule has 0 saturated heterocycles. The van der Waals surface area contributed by atoms with Crippen LogP contribution in [0.4, 0.5) is 0 Å². The van der Waals surface area contributed by atoms with E-state index in [4.69, 9.17) is 0 Å². The van der Waals surface area contributed by atoms with Crippen LogP contribution in [0.2, 0.25) is 0 Å². The van der Waals surface area contributed by atoms with Gasteiger partial charge in [0.2, 0.25) is 0 Å². The number of unbranched alkanes of at least 4 members (excludes halogenated alkanes) is 10. The predicted molar refractivity (Wildman–Crippen MR) is 76.8 cm³/mol. The monoisotopic (exact) mass is 243 g/mol. The second kappa shape index (κ2) is 11.0. The van der Waals surface area contributed by atoms with Crippen molar-refractivity contribution in [2.75, 3.05) is 20.6 Å². The first-order valence-corrected chi connectivity index (χ1v) is 7.60. The summed E-state index contributed by atoms with van der Waals surface area (Å²) in [7, 11) is 3.46. The lowest BCUT2D eigenvalue weighted by Gasteiger charge is -2.33. The highest BCUT2D eigenvalue weighted by atomic mass is 16.5. The Bertz CT molecular complexity index is 151. The summed E-state index contributed by atoms with van der Waals surface area (Å²) >= 11 is 0. The van der Waals surface area contributed by atoms with E-state index < -0.39 is 0 Å². The molecule has 0 aromatic heterocycles. The Morgan fingerprint density at radius 1 is 0.647 bits per heavy atom. The van der Waals surface area contributed by atoms with Gasteiger partial charge in [-0.3, -0.25) is 0 Å². The molecule has 0 radical (unpaired) electrons. The van der Waals surface area contributed by atoms with E-state index >= 15 is 0 Å². The lowest BCUT2D eigenvalue weighted by molar-refractivity contribution is -0.840. The normalized spacial score (nSPS) is 12.0. The van der Waals surface area contributed by atoms with E-state index in [0.29, 0.717) is 0 Å². The van der Waals surface area contributed by atoms with Crippen LogP contribution in [0.3, 0.4) is 0 Å². The lowest BCUT2D eigenvalue weighted by Crippen LogP contribution is -2.32. The topological polar surface area (TPSA) is 23.1 Å². The summed E-state index contributed by atoms with van der Waals surface area (Å²) in [6.07, 6.45) is 14.8. The van der Waals surface area contributed by atoms with Crippen molar-refractivity contribution >= 4 is 0 Å². The van der Waals surface area contributed by atoms with E-state index in [1.807, 2.05) is 0 Å². The SMILES string of the molecule is CCCCCCCCCCCCC[N+](C)(C)[O-]. The molecule has 0 heterocycles.